The molecule has 1 aromatic rings. The Kier molecular flexibility index (Phi) is 3.62. The van der Waals surface area contributed by atoms with Crippen LogP contribution in [-0.2, 0) is 11.2 Å². The summed E-state index contributed by atoms with van der Waals surface area (Å²) in [6, 6.07) is 8.35. The second-order valence-electron chi connectivity index (χ2n) is 4.14. The Morgan fingerprint density at radius 1 is 1.33 bits per heavy atom. The lowest BCUT2D eigenvalue weighted by Gasteiger charge is -2.21. The van der Waals surface area contributed by atoms with Gasteiger partial charge in [0, 0.05) is 13.2 Å². The zero-order valence-corrected chi connectivity index (χ0v) is 9.24. The molecular weight excluding hydrogens is 188 g/mol. The first-order chi connectivity index (χ1) is 7.38. The summed E-state index contributed by atoms with van der Waals surface area (Å²) < 4.78 is 10.6. The topological polar surface area (TPSA) is 18.5 Å². The van der Waals surface area contributed by atoms with Crippen LogP contribution in [0.2, 0.25) is 0 Å². The molecule has 0 radical (unpaired) electrons. The van der Waals surface area contributed by atoms with Gasteiger partial charge in [-0.25, -0.2) is 0 Å². The molecule has 0 saturated carbocycles. The van der Waals surface area contributed by atoms with Crippen molar-refractivity contribution < 1.29 is 9.47 Å². The van der Waals surface area contributed by atoms with Crippen molar-refractivity contribution in [3.8, 4) is 5.75 Å². The Labute approximate surface area is 91.2 Å². The summed E-state index contributed by atoms with van der Waals surface area (Å²) in [5.41, 5.74) is 1.38. The van der Waals surface area contributed by atoms with Gasteiger partial charge in [-0.1, -0.05) is 12.1 Å². The highest BCUT2D eigenvalue weighted by Gasteiger charge is 2.14. The van der Waals surface area contributed by atoms with E-state index >= 15 is 0 Å². The number of rotatable bonds is 3. The third kappa shape index (κ3) is 2.96. The van der Waals surface area contributed by atoms with Crippen molar-refractivity contribution in [2.45, 2.75) is 19.3 Å². The Morgan fingerprint density at radius 3 is 2.73 bits per heavy atom. The van der Waals surface area contributed by atoms with Crippen LogP contribution in [0.4, 0.5) is 0 Å². The average molecular weight is 206 g/mol. The summed E-state index contributed by atoms with van der Waals surface area (Å²) in [5.74, 6) is 1.63. The standard InChI is InChI=1S/C13H18O2/c1-14-13-6-4-11(5-7-13)9-12-3-2-8-15-10-12/h4-7,12H,2-3,8-10H2,1H3. The van der Waals surface area contributed by atoms with Crippen LogP contribution in [0, 0.1) is 5.92 Å². The summed E-state index contributed by atoms with van der Waals surface area (Å²) >= 11 is 0. The lowest BCUT2D eigenvalue weighted by molar-refractivity contribution is 0.0550. The van der Waals surface area contributed by atoms with Crippen LogP contribution in [0.3, 0.4) is 0 Å². The van der Waals surface area contributed by atoms with Crippen molar-refractivity contribution in [3.63, 3.8) is 0 Å². The van der Waals surface area contributed by atoms with Crippen LogP contribution < -0.4 is 4.74 Å². The normalized spacial score (nSPS) is 21.3. The van der Waals surface area contributed by atoms with Gasteiger partial charge in [0.2, 0.25) is 0 Å². The lowest BCUT2D eigenvalue weighted by atomic mass is 9.94. The maximum atomic E-state index is 5.47. The fraction of sp³-hybridized carbons (Fsp3) is 0.538. The minimum absolute atomic E-state index is 0.701. The monoisotopic (exact) mass is 206 g/mol. The van der Waals surface area contributed by atoms with Crippen molar-refractivity contribution in [1.29, 1.82) is 0 Å². The average Bonchev–Trinajstić information content (AvgIpc) is 2.31. The number of hydrogen-bond acceptors (Lipinski definition) is 2. The quantitative estimate of drug-likeness (QED) is 0.757. The molecule has 1 atom stereocenters. The summed E-state index contributed by atoms with van der Waals surface area (Å²) in [7, 11) is 1.70. The third-order valence-corrected chi connectivity index (χ3v) is 2.94. The molecule has 0 N–H and O–H groups in total. The van der Waals surface area contributed by atoms with Gasteiger partial charge in [0.1, 0.15) is 5.75 Å². The summed E-state index contributed by atoms with van der Waals surface area (Å²) in [6.07, 6.45) is 3.64. The molecule has 1 aliphatic rings. The summed E-state index contributed by atoms with van der Waals surface area (Å²) in [6.45, 7) is 1.87. The minimum atomic E-state index is 0.701. The van der Waals surface area contributed by atoms with Crippen LogP contribution >= 0.6 is 0 Å². The Bertz CT molecular complexity index is 286. The molecule has 15 heavy (non-hydrogen) atoms. The number of ether oxygens (including phenoxy) is 2. The predicted octanol–water partition coefficient (Wildman–Crippen LogP) is 2.66. The van der Waals surface area contributed by atoms with Gasteiger partial charge in [-0.3, -0.25) is 0 Å². The minimum Gasteiger partial charge on any atom is -0.497 e. The van der Waals surface area contributed by atoms with Gasteiger partial charge in [0.25, 0.3) is 0 Å². The van der Waals surface area contributed by atoms with E-state index in [-0.39, 0.29) is 0 Å². The maximum absolute atomic E-state index is 5.47. The number of hydrogen-bond donors (Lipinski definition) is 0. The molecule has 1 aliphatic heterocycles. The van der Waals surface area contributed by atoms with Gasteiger partial charge in [0.05, 0.1) is 7.11 Å². The fourth-order valence-corrected chi connectivity index (χ4v) is 2.06. The molecule has 2 nitrogen and oxygen atoms in total. The first kappa shape index (κ1) is 10.5. The van der Waals surface area contributed by atoms with E-state index in [1.165, 1.54) is 18.4 Å². The highest BCUT2D eigenvalue weighted by atomic mass is 16.5. The van der Waals surface area contributed by atoms with Crippen molar-refractivity contribution >= 4 is 0 Å². The molecule has 1 aromatic carbocycles. The molecule has 2 heteroatoms. The fourth-order valence-electron chi connectivity index (χ4n) is 2.06. The lowest BCUT2D eigenvalue weighted by Crippen LogP contribution is -2.19. The van der Waals surface area contributed by atoms with Crippen LogP contribution in [0.25, 0.3) is 0 Å². The zero-order chi connectivity index (χ0) is 10.5. The molecular formula is C13H18O2. The molecule has 1 fully saturated rings. The van der Waals surface area contributed by atoms with Crippen molar-refractivity contribution in [3.05, 3.63) is 29.8 Å². The molecule has 2 rings (SSSR count). The van der Waals surface area contributed by atoms with E-state index in [1.807, 2.05) is 12.1 Å². The van der Waals surface area contributed by atoms with E-state index in [2.05, 4.69) is 12.1 Å². The van der Waals surface area contributed by atoms with Gasteiger partial charge in [-0.15, -0.1) is 0 Å². The van der Waals surface area contributed by atoms with E-state index in [4.69, 9.17) is 9.47 Å². The second kappa shape index (κ2) is 5.17. The largest absolute Gasteiger partial charge is 0.497 e. The van der Waals surface area contributed by atoms with Crippen LogP contribution in [0.1, 0.15) is 18.4 Å². The van der Waals surface area contributed by atoms with Gasteiger partial charge in [-0.2, -0.15) is 0 Å². The van der Waals surface area contributed by atoms with E-state index in [0.717, 1.165) is 25.4 Å². The number of benzene rings is 1. The van der Waals surface area contributed by atoms with Crippen LogP contribution in [0.15, 0.2) is 24.3 Å². The molecule has 0 spiro atoms. The zero-order valence-electron chi connectivity index (χ0n) is 9.24. The first-order valence-electron chi connectivity index (χ1n) is 5.59. The highest BCUT2D eigenvalue weighted by Crippen LogP contribution is 2.20. The van der Waals surface area contributed by atoms with Gasteiger partial charge >= 0.3 is 0 Å². The van der Waals surface area contributed by atoms with E-state index in [9.17, 15) is 0 Å². The van der Waals surface area contributed by atoms with Gasteiger partial charge in [-0.05, 0) is 42.9 Å². The molecule has 1 saturated heterocycles. The molecule has 0 aromatic heterocycles. The Morgan fingerprint density at radius 2 is 2.13 bits per heavy atom. The van der Waals surface area contributed by atoms with Crippen molar-refractivity contribution in [2.24, 2.45) is 5.92 Å². The second-order valence-corrected chi connectivity index (χ2v) is 4.14. The Balaban J connectivity index is 1.91. The third-order valence-electron chi connectivity index (χ3n) is 2.94. The van der Waals surface area contributed by atoms with Gasteiger partial charge in [0.15, 0.2) is 0 Å². The van der Waals surface area contributed by atoms with Crippen LogP contribution in [0.5, 0.6) is 5.75 Å². The van der Waals surface area contributed by atoms with Crippen LogP contribution in [-0.4, -0.2) is 20.3 Å². The van der Waals surface area contributed by atoms with Crippen molar-refractivity contribution in [1.82, 2.24) is 0 Å². The van der Waals surface area contributed by atoms with E-state index < -0.39 is 0 Å². The highest BCUT2D eigenvalue weighted by molar-refractivity contribution is 5.27. The maximum Gasteiger partial charge on any atom is 0.118 e. The van der Waals surface area contributed by atoms with E-state index in [1.54, 1.807) is 7.11 Å². The van der Waals surface area contributed by atoms with E-state index in [0.29, 0.717) is 5.92 Å². The predicted molar refractivity (Wildman–Crippen MR) is 60.2 cm³/mol. The van der Waals surface area contributed by atoms with Crippen molar-refractivity contribution in [2.75, 3.05) is 20.3 Å². The molecule has 0 aliphatic carbocycles. The molecule has 0 amide bonds. The molecule has 82 valence electrons. The number of methoxy groups -OCH3 is 1. The molecule has 1 unspecified atom stereocenters. The SMILES string of the molecule is COc1ccc(CC2CCCOC2)cc1. The summed E-state index contributed by atoms with van der Waals surface area (Å²) in [5, 5.41) is 0. The van der Waals surface area contributed by atoms with Gasteiger partial charge < -0.3 is 9.47 Å². The molecule has 1 heterocycles. The molecule has 0 bridgehead atoms. The smallest absolute Gasteiger partial charge is 0.118 e. The first-order valence-corrected chi connectivity index (χ1v) is 5.59. The Hall–Kier alpha value is -1.02. The summed E-state index contributed by atoms with van der Waals surface area (Å²) in [4.78, 5) is 0.